The minimum Gasteiger partial charge on any atom is -0.481 e. The van der Waals surface area contributed by atoms with Gasteiger partial charge in [-0.2, -0.15) is 5.10 Å². The van der Waals surface area contributed by atoms with Crippen LogP contribution in [0.1, 0.15) is 6.42 Å². The summed E-state index contributed by atoms with van der Waals surface area (Å²) in [6.45, 7) is 0.660. The van der Waals surface area contributed by atoms with Crippen LogP contribution >= 0.6 is 0 Å². The number of aliphatic carboxylic acids is 1. The Balaban J connectivity index is 1.82. The van der Waals surface area contributed by atoms with Crippen molar-refractivity contribution < 1.29 is 14.7 Å². The number of carbonyl (C=O) groups is 2. The number of hydrogen-bond acceptors (Lipinski definition) is 4. The lowest BCUT2D eigenvalue weighted by Crippen LogP contribution is -2.33. The Hall–Kier alpha value is -2.70. The van der Waals surface area contributed by atoms with Crippen molar-refractivity contribution in [3.63, 3.8) is 0 Å². The maximum Gasteiger partial charge on any atom is 0.308 e. The molecule has 114 valence electrons. The average molecular weight is 301 g/mol. The highest BCUT2D eigenvalue weighted by molar-refractivity contribution is 5.82. The normalized spacial score (nSPS) is 17.8. The van der Waals surface area contributed by atoms with Gasteiger partial charge in [0, 0.05) is 18.5 Å². The van der Waals surface area contributed by atoms with E-state index in [9.17, 15) is 14.4 Å². The second kappa shape index (κ2) is 5.59. The largest absolute Gasteiger partial charge is 0.481 e. The quantitative estimate of drug-likeness (QED) is 0.882. The molecule has 1 amide bonds. The van der Waals surface area contributed by atoms with E-state index in [0.717, 1.165) is 0 Å². The van der Waals surface area contributed by atoms with Crippen molar-refractivity contribution >= 4 is 22.8 Å². The van der Waals surface area contributed by atoms with Gasteiger partial charge in [0.05, 0.1) is 17.6 Å². The van der Waals surface area contributed by atoms with E-state index in [4.69, 9.17) is 5.11 Å². The fourth-order valence-corrected chi connectivity index (χ4v) is 2.70. The summed E-state index contributed by atoms with van der Waals surface area (Å²) >= 11 is 0. The fourth-order valence-electron chi connectivity index (χ4n) is 2.70. The zero-order valence-electron chi connectivity index (χ0n) is 11.8. The second-order valence-corrected chi connectivity index (χ2v) is 5.35. The molecule has 1 aromatic carbocycles. The number of rotatable bonds is 3. The van der Waals surface area contributed by atoms with Gasteiger partial charge in [0.1, 0.15) is 6.54 Å². The van der Waals surface area contributed by atoms with Gasteiger partial charge in [-0.25, -0.2) is 0 Å². The Bertz CT molecular complexity index is 799. The molecular weight excluding hydrogens is 286 g/mol. The van der Waals surface area contributed by atoms with E-state index < -0.39 is 11.9 Å². The van der Waals surface area contributed by atoms with Gasteiger partial charge in [-0.3, -0.25) is 19.1 Å². The lowest BCUT2D eigenvalue weighted by atomic mass is 10.1. The molecule has 2 heterocycles. The number of amides is 1. The van der Waals surface area contributed by atoms with E-state index in [1.165, 1.54) is 15.8 Å². The number of carboxylic acid groups (broad SMARTS) is 1. The smallest absolute Gasteiger partial charge is 0.308 e. The van der Waals surface area contributed by atoms with Crippen LogP contribution in [0.15, 0.2) is 35.3 Å². The molecule has 0 saturated carbocycles. The summed E-state index contributed by atoms with van der Waals surface area (Å²) < 4.78 is 1.48. The van der Waals surface area contributed by atoms with Crippen LogP contribution in [-0.4, -0.2) is 44.8 Å². The molecule has 1 aromatic heterocycles. The van der Waals surface area contributed by atoms with Crippen molar-refractivity contribution in [2.24, 2.45) is 5.92 Å². The van der Waals surface area contributed by atoms with Crippen molar-refractivity contribution in [2.45, 2.75) is 13.0 Å². The molecule has 1 aliphatic heterocycles. The van der Waals surface area contributed by atoms with Gasteiger partial charge in [0.25, 0.3) is 0 Å². The van der Waals surface area contributed by atoms with Crippen molar-refractivity contribution in [3.8, 4) is 0 Å². The molecule has 1 aliphatic rings. The molecule has 0 aliphatic carbocycles. The van der Waals surface area contributed by atoms with E-state index in [0.29, 0.717) is 23.9 Å². The first-order chi connectivity index (χ1) is 10.6. The summed E-state index contributed by atoms with van der Waals surface area (Å²) in [4.78, 5) is 36.5. The standard InChI is InChI=1S/C15H15N3O4/c19-13-7-16-18(12-4-2-1-3-11(12)13)9-14(20)17-6-5-10(8-17)15(21)22/h1-4,7,10H,5-6,8-9H2,(H,21,22). The SMILES string of the molecule is O=C(O)C1CCN(C(=O)Cn2ncc(=O)c3ccccc32)C1. The number of aromatic nitrogens is 2. The number of fused-ring (bicyclic) bond motifs is 1. The first-order valence-corrected chi connectivity index (χ1v) is 7.01. The molecule has 22 heavy (non-hydrogen) atoms. The van der Waals surface area contributed by atoms with Crippen LogP contribution in [0.2, 0.25) is 0 Å². The summed E-state index contributed by atoms with van der Waals surface area (Å²) in [5.74, 6) is -1.56. The number of likely N-dealkylation sites (tertiary alicyclic amines) is 1. The minimum atomic E-state index is -0.873. The summed E-state index contributed by atoms with van der Waals surface area (Å²) in [7, 11) is 0. The van der Waals surface area contributed by atoms with E-state index >= 15 is 0 Å². The third kappa shape index (κ3) is 2.57. The Morgan fingerprint density at radius 1 is 1.32 bits per heavy atom. The van der Waals surface area contributed by atoms with E-state index in [1.54, 1.807) is 24.3 Å². The number of para-hydroxylation sites is 1. The third-order valence-electron chi connectivity index (χ3n) is 3.94. The maximum atomic E-state index is 12.3. The molecule has 0 bridgehead atoms. The highest BCUT2D eigenvalue weighted by atomic mass is 16.4. The van der Waals surface area contributed by atoms with Gasteiger partial charge in [-0.1, -0.05) is 12.1 Å². The predicted octanol–water partition coefficient (Wildman–Crippen LogP) is 0.330. The van der Waals surface area contributed by atoms with Gasteiger partial charge in [0.15, 0.2) is 0 Å². The number of carbonyl (C=O) groups excluding carboxylic acids is 1. The zero-order chi connectivity index (χ0) is 15.7. The molecule has 7 heteroatoms. The van der Waals surface area contributed by atoms with Gasteiger partial charge >= 0.3 is 5.97 Å². The van der Waals surface area contributed by atoms with E-state index in [2.05, 4.69) is 5.10 Å². The summed E-state index contributed by atoms with van der Waals surface area (Å²) in [5, 5.41) is 13.5. The molecular formula is C15H15N3O4. The fraction of sp³-hybridized carbons (Fsp3) is 0.333. The molecule has 1 fully saturated rings. The molecule has 3 rings (SSSR count). The summed E-state index contributed by atoms with van der Waals surface area (Å²) in [5.41, 5.74) is 0.406. The van der Waals surface area contributed by atoms with E-state index in [-0.39, 0.29) is 24.4 Å². The summed E-state index contributed by atoms with van der Waals surface area (Å²) in [6.07, 6.45) is 1.67. The van der Waals surface area contributed by atoms with Gasteiger partial charge in [-0.15, -0.1) is 0 Å². The Kier molecular flexibility index (Phi) is 3.62. The summed E-state index contributed by atoms with van der Waals surface area (Å²) in [6, 6.07) is 6.96. The van der Waals surface area contributed by atoms with Crippen molar-refractivity contribution in [3.05, 3.63) is 40.7 Å². The predicted molar refractivity (Wildman–Crippen MR) is 78.3 cm³/mol. The first-order valence-electron chi connectivity index (χ1n) is 7.01. The molecule has 0 spiro atoms. The van der Waals surface area contributed by atoms with Gasteiger partial charge in [-0.05, 0) is 18.6 Å². The number of carboxylic acids is 1. The zero-order valence-corrected chi connectivity index (χ0v) is 11.8. The van der Waals surface area contributed by atoms with Gasteiger partial charge in [0.2, 0.25) is 11.3 Å². The topological polar surface area (TPSA) is 92.5 Å². The molecule has 0 radical (unpaired) electrons. The molecule has 1 saturated heterocycles. The van der Waals surface area contributed by atoms with Crippen LogP contribution in [0.5, 0.6) is 0 Å². The lowest BCUT2D eigenvalue weighted by Gasteiger charge is -2.17. The van der Waals surface area contributed by atoms with Crippen LogP contribution in [0.4, 0.5) is 0 Å². The Morgan fingerprint density at radius 2 is 2.09 bits per heavy atom. The van der Waals surface area contributed by atoms with Crippen LogP contribution in [-0.2, 0) is 16.1 Å². The first kappa shape index (κ1) is 14.2. The van der Waals surface area contributed by atoms with Crippen LogP contribution in [0.3, 0.4) is 0 Å². The highest BCUT2D eigenvalue weighted by Gasteiger charge is 2.30. The number of benzene rings is 1. The molecule has 1 atom stereocenters. The lowest BCUT2D eigenvalue weighted by molar-refractivity contribution is -0.141. The van der Waals surface area contributed by atoms with Crippen LogP contribution < -0.4 is 5.43 Å². The maximum absolute atomic E-state index is 12.3. The second-order valence-electron chi connectivity index (χ2n) is 5.35. The molecule has 1 N–H and O–H groups in total. The Morgan fingerprint density at radius 3 is 2.82 bits per heavy atom. The molecule has 2 aromatic rings. The number of hydrogen-bond donors (Lipinski definition) is 1. The average Bonchev–Trinajstić information content (AvgIpc) is 3.01. The van der Waals surface area contributed by atoms with Crippen molar-refractivity contribution in [1.29, 1.82) is 0 Å². The Labute approximate surface area is 125 Å². The highest BCUT2D eigenvalue weighted by Crippen LogP contribution is 2.17. The van der Waals surface area contributed by atoms with Crippen molar-refractivity contribution in [2.75, 3.05) is 13.1 Å². The van der Waals surface area contributed by atoms with Gasteiger partial charge < -0.3 is 10.0 Å². The minimum absolute atomic E-state index is 0.00681. The monoisotopic (exact) mass is 301 g/mol. The third-order valence-corrected chi connectivity index (χ3v) is 3.94. The molecule has 1 unspecified atom stereocenters. The van der Waals surface area contributed by atoms with E-state index in [1.807, 2.05) is 0 Å². The van der Waals surface area contributed by atoms with Crippen molar-refractivity contribution in [1.82, 2.24) is 14.7 Å². The van der Waals surface area contributed by atoms with Crippen LogP contribution in [0, 0.1) is 5.92 Å². The molecule has 7 nitrogen and oxygen atoms in total. The number of nitrogens with zero attached hydrogens (tertiary/aromatic N) is 3. The van der Waals surface area contributed by atoms with Crippen LogP contribution in [0.25, 0.3) is 10.9 Å².